The summed E-state index contributed by atoms with van der Waals surface area (Å²) in [5.41, 5.74) is 1.88. The van der Waals surface area contributed by atoms with Crippen molar-refractivity contribution in [1.29, 1.82) is 0 Å². The summed E-state index contributed by atoms with van der Waals surface area (Å²) in [6.45, 7) is 11.0. The summed E-state index contributed by atoms with van der Waals surface area (Å²) in [4.78, 5) is 12.4. The lowest BCUT2D eigenvalue weighted by Gasteiger charge is -2.33. The molecule has 0 heterocycles. The summed E-state index contributed by atoms with van der Waals surface area (Å²) in [6, 6.07) is 7.95. The van der Waals surface area contributed by atoms with Crippen LogP contribution in [0.1, 0.15) is 88.6 Å². The average Bonchev–Trinajstić information content (AvgIpc) is 2.46. The van der Waals surface area contributed by atoms with Crippen LogP contribution in [-0.4, -0.2) is 11.6 Å². The highest BCUT2D eigenvalue weighted by Crippen LogP contribution is 2.35. The molecule has 22 heavy (non-hydrogen) atoms. The molecule has 1 unspecified atom stereocenters. The second-order valence-electron chi connectivity index (χ2n) is 8.11. The fourth-order valence-electron chi connectivity index (χ4n) is 3.09. The molecule has 2 rings (SSSR count). The molecule has 0 spiro atoms. The van der Waals surface area contributed by atoms with Crippen molar-refractivity contribution in [2.75, 3.05) is 0 Å². The Labute approximate surface area is 135 Å². The summed E-state index contributed by atoms with van der Waals surface area (Å²) in [5.74, 6) is 0.271. The molecule has 1 fully saturated rings. The Morgan fingerprint density at radius 3 is 2.14 bits per heavy atom. The summed E-state index contributed by atoms with van der Waals surface area (Å²) < 4.78 is 5.79. The number of carbonyl (C=O) groups is 1. The van der Waals surface area contributed by atoms with Crippen LogP contribution in [0.4, 0.5) is 0 Å². The van der Waals surface area contributed by atoms with Crippen LogP contribution in [-0.2, 0) is 4.74 Å². The van der Waals surface area contributed by atoms with E-state index in [0.717, 1.165) is 25.7 Å². The van der Waals surface area contributed by atoms with Crippen LogP contribution in [0.15, 0.2) is 24.3 Å². The predicted molar refractivity (Wildman–Crippen MR) is 91.2 cm³/mol. The smallest absolute Gasteiger partial charge is 0.338 e. The number of hydrogen-bond donors (Lipinski definition) is 0. The maximum absolute atomic E-state index is 12.4. The zero-order valence-electron chi connectivity index (χ0n) is 14.7. The molecule has 0 N–H and O–H groups in total. The zero-order valence-corrected chi connectivity index (χ0v) is 14.7. The lowest BCUT2D eigenvalue weighted by Crippen LogP contribution is -2.33. The zero-order chi connectivity index (χ0) is 16.4. The molecule has 1 aromatic carbocycles. The average molecular weight is 302 g/mol. The number of carbonyl (C=O) groups excluding carboxylic acids is 1. The maximum Gasteiger partial charge on any atom is 0.338 e. The topological polar surface area (TPSA) is 26.3 Å². The van der Waals surface area contributed by atoms with Gasteiger partial charge in [-0.2, -0.15) is 0 Å². The number of rotatable bonds is 3. The van der Waals surface area contributed by atoms with Gasteiger partial charge in [-0.3, -0.25) is 0 Å². The van der Waals surface area contributed by atoms with E-state index in [0.29, 0.717) is 11.5 Å². The quantitative estimate of drug-likeness (QED) is 0.668. The highest BCUT2D eigenvalue weighted by atomic mass is 16.6. The number of esters is 1. The van der Waals surface area contributed by atoms with Crippen LogP contribution in [0.3, 0.4) is 0 Å². The van der Waals surface area contributed by atoms with Crippen molar-refractivity contribution in [3.8, 4) is 0 Å². The molecule has 2 heteroatoms. The minimum absolute atomic E-state index is 0.181. The van der Waals surface area contributed by atoms with Gasteiger partial charge in [0.15, 0.2) is 0 Å². The first kappa shape index (κ1) is 17.1. The van der Waals surface area contributed by atoms with Crippen LogP contribution in [0.25, 0.3) is 0 Å². The van der Waals surface area contributed by atoms with Crippen molar-refractivity contribution in [2.24, 2.45) is 5.41 Å². The van der Waals surface area contributed by atoms with Crippen molar-refractivity contribution in [3.05, 3.63) is 35.4 Å². The van der Waals surface area contributed by atoms with E-state index >= 15 is 0 Å². The molecule has 0 radical (unpaired) electrons. The standard InChI is InChI=1S/C20H30O2/c1-15(19(2,3)4)16-9-11-17(12-10-16)18(21)22-20(5)13-7-6-8-14-20/h9-12,15H,6-8,13-14H2,1-5H3. The van der Waals surface area contributed by atoms with Gasteiger partial charge in [-0.15, -0.1) is 0 Å². The molecule has 0 aliphatic heterocycles. The molecule has 0 saturated heterocycles. The normalized spacial score (nSPS) is 19.5. The van der Waals surface area contributed by atoms with Crippen LogP contribution < -0.4 is 0 Å². The Balaban J connectivity index is 2.05. The van der Waals surface area contributed by atoms with Gasteiger partial charge in [-0.05, 0) is 61.6 Å². The van der Waals surface area contributed by atoms with Gasteiger partial charge in [0.05, 0.1) is 5.56 Å². The van der Waals surface area contributed by atoms with E-state index < -0.39 is 0 Å². The largest absolute Gasteiger partial charge is 0.456 e. The summed E-state index contributed by atoms with van der Waals surface area (Å²) in [5, 5.41) is 0. The van der Waals surface area contributed by atoms with Crippen molar-refractivity contribution < 1.29 is 9.53 Å². The van der Waals surface area contributed by atoms with E-state index in [4.69, 9.17) is 4.74 Å². The molecule has 1 aromatic rings. The van der Waals surface area contributed by atoms with Gasteiger partial charge in [-0.1, -0.05) is 46.2 Å². The summed E-state index contributed by atoms with van der Waals surface area (Å²) >= 11 is 0. The van der Waals surface area contributed by atoms with Crippen molar-refractivity contribution >= 4 is 5.97 Å². The summed E-state index contributed by atoms with van der Waals surface area (Å²) in [6.07, 6.45) is 5.54. The first-order chi connectivity index (χ1) is 10.2. The second kappa shape index (κ2) is 6.44. The first-order valence-corrected chi connectivity index (χ1v) is 8.55. The van der Waals surface area contributed by atoms with E-state index in [9.17, 15) is 4.79 Å². The van der Waals surface area contributed by atoms with Crippen LogP contribution in [0.2, 0.25) is 0 Å². The van der Waals surface area contributed by atoms with Gasteiger partial charge in [-0.25, -0.2) is 4.79 Å². The first-order valence-electron chi connectivity index (χ1n) is 8.55. The molecule has 122 valence electrons. The minimum atomic E-state index is -0.271. The van der Waals surface area contributed by atoms with Gasteiger partial charge in [0, 0.05) is 0 Å². The van der Waals surface area contributed by atoms with E-state index in [1.54, 1.807) is 0 Å². The van der Waals surface area contributed by atoms with E-state index in [1.807, 2.05) is 12.1 Å². The molecule has 1 atom stereocenters. The third kappa shape index (κ3) is 4.12. The van der Waals surface area contributed by atoms with E-state index in [-0.39, 0.29) is 17.0 Å². The van der Waals surface area contributed by atoms with Crippen LogP contribution in [0.5, 0.6) is 0 Å². The minimum Gasteiger partial charge on any atom is -0.456 e. The molecule has 0 amide bonds. The molecule has 1 aliphatic carbocycles. The monoisotopic (exact) mass is 302 g/mol. The van der Waals surface area contributed by atoms with E-state index in [1.165, 1.54) is 12.0 Å². The molecule has 0 aromatic heterocycles. The fourth-order valence-corrected chi connectivity index (χ4v) is 3.09. The highest BCUT2D eigenvalue weighted by molar-refractivity contribution is 5.89. The summed E-state index contributed by atoms with van der Waals surface area (Å²) in [7, 11) is 0. The molecule has 0 bridgehead atoms. The molecule has 1 aliphatic rings. The van der Waals surface area contributed by atoms with Crippen LogP contribution >= 0.6 is 0 Å². The molecular formula is C20H30O2. The molecular weight excluding hydrogens is 272 g/mol. The van der Waals surface area contributed by atoms with Gasteiger partial charge in [0.2, 0.25) is 0 Å². The van der Waals surface area contributed by atoms with Gasteiger partial charge in [0.1, 0.15) is 5.60 Å². The molecule has 2 nitrogen and oxygen atoms in total. The van der Waals surface area contributed by atoms with E-state index in [2.05, 4.69) is 46.8 Å². The van der Waals surface area contributed by atoms with Crippen molar-refractivity contribution in [2.45, 2.75) is 78.2 Å². The fraction of sp³-hybridized carbons (Fsp3) is 0.650. The maximum atomic E-state index is 12.4. The number of benzene rings is 1. The van der Waals surface area contributed by atoms with Crippen LogP contribution in [0, 0.1) is 5.41 Å². The second-order valence-corrected chi connectivity index (χ2v) is 8.11. The third-order valence-electron chi connectivity index (χ3n) is 5.20. The Morgan fingerprint density at radius 2 is 1.64 bits per heavy atom. The lowest BCUT2D eigenvalue weighted by atomic mass is 9.78. The Hall–Kier alpha value is -1.31. The Morgan fingerprint density at radius 1 is 1.09 bits per heavy atom. The van der Waals surface area contributed by atoms with Crippen molar-refractivity contribution in [1.82, 2.24) is 0 Å². The third-order valence-corrected chi connectivity index (χ3v) is 5.20. The molecule has 1 saturated carbocycles. The van der Waals surface area contributed by atoms with Crippen molar-refractivity contribution in [3.63, 3.8) is 0 Å². The number of hydrogen-bond acceptors (Lipinski definition) is 2. The lowest BCUT2D eigenvalue weighted by molar-refractivity contribution is -0.0269. The predicted octanol–water partition coefficient (Wildman–Crippen LogP) is 5.72. The van der Waals surface area contributed by atoms with Gasteiger partial charge < -0.3 is 4.74 Å². The Kier molecular flexibility index (Phi) is 4.99. The van der Waals surface area contributed by atoms with Gasteiger partial charge in [0.25, 0.3) is 0 Å². The van der Waals surface area contributed by atoms with Gasteiger partial charge >= 0.3 is 5.97 Å². The Bertz CT molecular complexity index is 502. The highest BCUT2D eigenvalue weighted by Gasteiger charge is 2.31. The SMILES string of the molecule is CC(c1ccc(C(=O)OC2(C)CCCCC2)cc1)C(C)(C)C. The number of ether oxygens (including phenoxy) is 1.